The van der Waals surface area contributed by atoms with E-state index in [0.29, 0.717) is 12.1 Å². The van der Waals surface area contributed by atoms with E-state index >= 15 is 0 Å². The lowest BCUT2D eigenvalue weighted by atomic mass is 9.78. The van der Waals surface area contributed by atoms with Gasteiger partial charge in [0.25, 0.3) is 5.91 Å². The lowest BCUT2D eigenvalue weighted by Crippen LogP contribution is -2.60. The van der Waals surface area contributed by atoms with Crippen LogP contribution in [0.4, 0.5) is 0 Å². The van der Waals surface area contributed by atoms with Crippen LogP contribution >= 0.6 is 0 Å². The molecule has 154 valence electrons. The molecule has 28 heavy (non-hydrogen) atoms. The Bertz CT molecular complexity index is 766. The molecule has 3 rings (SSSR count). The number of carbonyl (C=O) groups excluding carboxylic acids is 2. The van der Waals surface area contributed by atoms with Crippen LogP contribution in [0, 0.1) is 0 Å². The minimum Gasteiger partial charge on any atom is -0.507 e. The van der Waals surface area contributed by atoms with Crippen molar-refractivity contribution in [2.45, 2.75) is 84.2 Å². The summed E-state index contributed by atoms with van der Waals surface area (Å²) in [7, 11) is 0. The van der Waals surface area contributed by atoms with E-state index in [-0.39, 0.29) is 34.4 Å². The zero-order chi connectivity index (χ0) is 21.0. The number of carbonyl (C=O) groups is 2. The van der Waals surface area contributed by atoms with Gasteiger partial charge < -0.3 is 14.9 Å². The molecule has 2 heterocycles. The summed E-state index contributed by atoms with van der Waals surface area (Å²) in [6.07, 6.45) is 1.96. The van der Waals surface area contributed by atoms with Crippen LogP contribution in [0.5, 0.6) is 5.75 Å². The number of amides is 2. The third-order valence-corrected chi connectivity index (χ3v) is 6.13. The van der Waals surface area contributed by atoms with Gasteiger partial charge in [0, 0.05) is 35.8 Å². The quantitative estimate of drug-likeness (QED) is 0.798. The maximum absolute atomic E-state index is 13.5. The first-order chi connectivity index (χ1) is 12.8. The SMILES string of the molecule is C[C@@H]1C(=O)N2CCC[C@H]2CN1C(=O)c1cc(C(C)(C)C)c(O)c(C(C)(C)C)c1. The van der Waals surface area contributed by atoms with E-state index in [1.807, 2.05) is 65.5 Å². The number of aromatic hydroxyl groups is 1. The number of benzene rings is 1. The van der Waals surface area contributed by atoms with Crippen molar-refractivity contribution in [3.8, 4) is 5.75 Å². The minimum absolute atomic E-state index is 0.0490. The predicted octanol–water partition coefficient (Wildman–Crippen LogP) is 3.82. The highest BCUT2D eigenvalue weighted by atomic mass is 16.3. The van der Waals surface area contributed by atoms with E-state index in [1.165, 1.54) is 0 Å². The van der Waals surface area contributed by atoms with Gasteiger partial charge in [-0.2, -0.15) is 0 Å². The highest BCUT2D eigenvalue weighted by Gasteiger charge is 2.42. The van der Waals surface area contributed by atoms with Crippen LogP contribution in [-0.2, 0) is 15.6 Å². The van der Waals surface area contributed by atoms with Crippen molar-refractivity contribution in [3.05, 3.63) is 28.8 Å². The zero-order valence-corrected chi connectivity index (χ0v) is 18.3. The van der Waals surface area contributed by atoms with Crippen molar-refractivity contribution >= 4 is 11.8 Å². The second-order valence-corrected chi connectivity index (χ2v) is 10.4. The molecule has 0 aliphatic carbocycles. The summed E-state index contributed by atoms with van der Waals surface area (Å²) < 4.78 is 0. The molecule has 2 atom stereocenters. The van der Waals surface area contributed by atoms with Crippen molar-refractivity contribution in [2.75, 3.05) is 13.1 Å². The van der Waals surface area contributed by atoms with Gasteiger partial charge in [-0.1, -0.05) is 41.5 Å². The fourth-order valence-corrected chi connectivity index (χ4v) is 4.40. The van der Waals surface area contributed by atoms with Gasteiger partial charge in [0.1, 0.15) is 11.8 Å². The first-order valence-electron chi connectivity index (χ1n) is 10.3. The van der Waals surface area contributed by atoms with Crippen LogP contribution in [0.2, 0.25) is 0 Å². The van der Waals surface area contributed by atoms with Crippen molar-refractivity contribution in [1.82, 2.24) is 9.80 Å². The van der Waals surface area contributed by atoms with Crippen LogP contribution in [0.25, 0.3) is 0 Å². The Morgan fingerprint density at radius 3 is 2.11 bits per heavy atom. The summed E-state index contributed by atoms with van der Waals surface area (Å²) in [5.74, 6) is 0.192. The Morgan fingerprint density at radius 1 is 1.07 bits per heavy atom. The molecule has 0 unspecified atom stereocenters. The Hall–Kier alpha value is -2.04. The monoisotopic (exact) mass is 386 g/mol. The molecular weight excluding hydrogens is 352 g/mol. The van der Waals surface area contributed by atoms with Gasteiger partial charge in [-0.25, -0.2) is 0 Å². The highest BCUT2D eigenvalue weighted by molar-refractivity contribution is 5.99. The molecule has 2 amide bonds. The first-order valence-corrected chi connectivity index (χ1v) is 10.3. The van der Waals surface area contributed by atoms with E-state index in [2.05, 4.69) is 0 Å². The molecule has 1 N–H and O–H groups in total. The third kappa shape index (κ3) is 3.51. The maximum atomic E-state index is 13.5. The number of hydrogen-bond donors (Lipinski definition) is 1. The van der Waals surface area contributed by atoms with E-state index in [9.17, 15) is 14.7 Å². The number of rotatable bonds is 1. The zero-order valence-electron chi connectivity index (χ0n) is 18.3. The van der Waals surface area contributed by atoms with E-state index in [0.717, 1.165) is 30.5 Å². The number of piperazine rings is 1. The molecule has 2 aliphatic heterocycles. The molecular formula is C23H34N2O3. The third-order valence-electron chi connectivity index (χ3n) is 6.13. The summed E-state index contributed by atoms with van der Waals surface area (Å²) in [5.41, 5.74) is 1.49. The average Bonchev–Trinajstić information content (AvgIpc) is 3.04. The molecule has 0 aromatic heterocycles. The summed E-state index contributed by atoms with van der Waals surface area (Å²) in [6, 6.07) is 3.30. The first kappa shape index (κ1) is 20.7. The number of nitrogens with zero attached hydrogens (tertiary/aromatic N) is 2. The number of phenolic OH excluding ortho intramolecular Hbond substituents is 1. The summed E-state index contributed by atoms with van der Waals surface area (Å²) in [6.45, 7) is 15.4. The average molecular weight is 387 g/mol. The van der Waals surface area contributed by atoms with Crippen LogP contribution in [-0.4, -0.2) is 51.9 Å². The standard InChI is InChI=1S/C23H34N2O3/c1-14-20(27)24-10-8-9-16(24)13-25(14)21(28)15-11-17(22(2,3)4)19(26)18(12-15)23(5,6)7/h11-12,14,16,26H,8-10,13H2,1-7H3/t14-,16+/m1/s1. The van der Waals surface area contributed by atoms with Crippen LogP contribution in [0.1, 0.15) is 82.8 Å². The van der Waals surface area contributed by atoms with E-state index in [1.54, 1.807) is 4.90 Å². The summed E-state index contributed by atoms with van der Waals surface area (Å²) in [4.78, 5) is 29.9. The predicted molar refractivity (Wildman–Crippen MR) is 111 cm³/mol. The largest absolute Gasteiger partial charge is 0.507 e. The molecule has 5 heteroatoms. The Labute approximate surface area is 168 Å². The maximum Gasteiger partial charge on any atom is 0.254 e. The molecule has 2 aliphatic rings. The van der Waals surface area contributed by atoms with Crippen molar-refractivity contribution in [3.63, 3.8) is 0 Å². The molecule has 5 nitrogen and oxygen atoms in total. The van der Waals surface area contributed by atoms with E-state index < -0.39 is 6.04 Å². The van der Waals surface area contributed by atoms with Crippen LogP contribution < -0.4 is 0 Å². The highest BCUT2D eigenvalue weighted by Crippen LogP contribution is 2.40. The fourth-order valence-electron chi connectivity index (χ4n) is 4.40. The van der Waals surface area contributed by atoms with Crippen molar-refractivity contribution < 1.29 is 14.7 Å². The van der Waals surface area contributed by atoms with E-state index in [4.69, 9.17) is 0 Å². The van der Waals surface area contributed by atoms with Gasteiger partial charge in [0.05, 0.1) is 0 Å². The minimum atomic E-state index is -0.452. The molecule has 2 saturated heterocycles. The number of hydrogen-bond acceptors (Lipinski definition) is 3. The molecule has 0 radical (unpaired) electrons. The lowest BCUT2D eigenvalue weighted by molar-refractivity contribution is -0.141. The van der Waals surface area contributed by atoms with Gasteiger partial charge in [0.2, 0.25) is 5.91 Å². The summed E-state index contributed by atoms with van der Waals surface area (Å²) >= 11 is 0. The molecule has 1 aromatic carbocycles. The van der Waals surface area contributed by atoms with Crippen molar-refractivity contribution in [1.29, 1.82) is 0 Å². The second kappa shape index (κ2) is 6.78. The molecule has 0 saturated carbocycles. The fraction of sp³-hybridized carbons (Fsp3) is 0.652. The van der Waals surface area contributed by atoms with Crippen LogP contribution in [0.15, 0.2) is 12.1 Å². The molecule has 0 spiro atoms. The van der Waals surface area contributed by atoms with Gasteiger partial charge in [-0.05, 0) is 42.7 Å². The molecule has 2 fully saturated rings. The van der Waals surface area contributed by atoms with Crippen molar-refractivity contribution in [2.24, 2.45) is 0 Å². The molecule has 0 bridgehead atoms. The van der Waals surface area contributed by atoms with Gasteiger partial charge in [-0.3, -0.25) is 9.59 Å². The molecule has 1 aromatic rings. The summed E-state index contributed by atoms with van der Waals surface area (Å²) in [5, 5.41) is 10.9. The van der Waals surface area contributed by atoms with Crippen LogP contribution in [0.3, 0.4) is 0 Å². The number of fused-ring (bicyclic) bond motifs is 1. The topological polar surface area (TPSA) is 60.9 Å². The number of phenols is 1. The normalized spacial score (nSPS) is 23.2. The van der Waals surface area contributed by atoms with Gasteiger partial charge in [0.15, 0.2) is 0 Å². The second-order valence-electron chi connectivity index (χ2n) is 10.4. The smallest absolute Gasteiger partial charge is 0.254 e. The Kier molecular flexibility index (Phi) is 5.01. The Balaban J connectivity index is 2.05. The van der Waals surface area contributed by atoms with Gasteiger partial charge in [-0.15, -0.1) is 0 Å². The lowest BCUT2D eigenvalue weighted by Gasteiger charge is -2.41. The van der Waals surface area contributed by atoms with Gasteiger partial charge >= 0.3 is 0 Å². The Morgan fingerprint density at radius 2 is 1.61 bits per heavy atom.